The van der Waals surface area contributed by atoms with Crippen LogP contribution in [0.1, 0.15) is 15.9 Å². The van der Waals surface area contributed by atoms with Crippen LogP contribution >= 0.6 is 23.2 Å². The van der Waals surface area contributed by atoms with Crippen molar-refractivity contribution >= 4 is 34.8 Å². The minimum atomic E-state index is -0.356. The maximum atomic E-state index is 12.4. The third-order valence-corrected chi connectivity index (χ3v) is 4.13. The summed E-state index contributed by atoms with van der Waals surface area (Å²) in [5.41, 5.74) is 1.51. The standard InChI is InChI=1S/C19H14Cl2N2O2/c20-15-6-8-16(9-7-15)22-18(24)14-10-17(21)19(25)23(12-14)11-13-4-2-1-3-5-13/h1-10,12H,11H2,(H,22,24). The predicted molar refractivity (Wildman–Crippen MR) is 101 cm³/mol. The fourth-order valence-electron chi connectivity index (χ4n) is 2.36. The van der Waals surface area contributed by atoms with E-state index in [4.69, 9.17) is 23.2 Å². The molecule has 4 nitrogen and oxygen atoms in total. The fourth-order valence-corrected chi connectivity index (χ4v) is 2.71. The predicted octanol–water partition coefficient (Wildman–Crippen LogP) is 4.46. The lowest BCUT2D eigenvalue weighted by Crippen LogP contribution is -2.24. The Morgan fingerprint density at radius 2 is 1.68 bits per heavy atom. The highest BCUT2D eigenvalue weighted by Gasteiger charge is 2.12. The zero-order chi connectivity index (χ0) is 17.8. The zero-order valence-electron chi connectivity index (χ0n) is 13.1. The highest BCUT2D eigenvalue weighted by Crippen LogP contribution is 2.15. The first-order chi connectivity index (χ1) is 12.0. The van der Waals surface area contributed by atoms with E-state index in [1.165, 1.54) is 16.8 Å². The van der Waals surface area contributed by atoms with Gasteiger partial charge in [0.05, 0.1) is 12.1 Å². The molecule has 0 radical (unpaired) electrons. The number of pyridine rings is 1. The smallest absolute Gasteiger partial charge is 0.269 e. The monoisotopic (exact) mass is 372 g/mol. The van der Waals surface area contributed by atoms with Gasteiger partial charge in [0.2, 0.25) is 0 Å². The molecule has 3 rings (SSSR count). The van der Waals surface area contributed by atoms with Crippen molar-refractivity contribution in [3.63, 3.8) is 0 Å². The molecule has 0 fully saturated rings. The molecule has 0 spiro atoms. The number of aromatic nitrogens is 1. The Morgan fingerprint density at radius 3 is 2.36 bits per heavy atom. The molecular formula is C19H14Cl2N2O2. The molecule has 0 aliphatic rings. The summed E-state index contributed by atoms with van der Waals surface area (Å²) >= 11 is 11.9. The Morgan fingerprint density at radius 1 is 1.00 bits per heavy atom. The van der Waals surface area contributed by atoms with Crippen LogP contribution in [-0.2, 0) is 6.54 Å². The molecule has 2 aromatic carbocycles. The van der Waals surface area contributed by atoms with E-state index in [1.54, 1.807) is 24.3 Å². The number of carbonyl (C=O) groups excluding carboxylic acids is 1. The molecule has 0 saturated carbocycles. The number of nitrogens with zero attached hydrogens (tertiary/aromatic N) is 1. The summed E-state index contributed by atoms with van der Waals surface area (Å²) in [7, 11) is 0. The topological polar surface area (TPSA) is 51.1 Å². The van der Waals surface area contributed by atoms with Crippen molar-refractivity contribution in [2.75, 3.05) is 5.32 Å². The summed E-state index contributed by atoms with van der Waals surface area (Å²) in [5, 5.41) is 3.33. The van der Waals surface area contributed by atoms with Crippen molar-refractivity contribution in [1.29, 1.82) is 0 Å². The lowest BCUT2D eigenvalue weighted by molar-refractivity contribution is 0.102. The largest absolute Gasteiger partial charge is 0.322 e. The fraction of sp³-hybridized carbons (Fsp3) is 0.0526. The van der Waals surface area contributed by atoms with E-state index in [1.807, 2.05) is 30.3 Å². The van der Waals surface area contributed by atoms with Crippen LogP contribution in [0.2, 0.25) is 10.0 Å². The molecule has 0 saturated heterocycles. The van der Waals surface area contributed by atoms with Gasteiger partial charge in [-0.25, -0.2) is 0 Å². The second-order valence-electron chi connectivity index (χ2n) is 5.46. The van der Waals surface area contributed by atoms with Gasteiger partial charge in [-0.05, 0) is 35.9 Å². The van der Waals surface area contributed by atoms with Crippen LogP contribution in [0.4, 0.5) is 5.69 Å². The summed E-state index contributed by atoms with van der Waals surface area (Å²) in [6.45, 7) is 0.335. The molecule has 126 valence electrons. The average Bonchev–Trinajstić information content (AvgIpc) is 2.61. The molecule has 6 heteroatoms. The van der Waals surface area contributed by atoms with Crippen molar-refractivity contribution in [1.82, 2.24) is 4.57 Å². The van der Waals surface area contributed by atoms with E-state index in [0.29, 0.717) is 22.8 Å². The molecule has 1 N–H and O–H groups in total. The molecule has 0 bridgehead atoms. The summed E-state index contributed by atoms with van der Waals surface area (Å²) < 4.78 is 1.43. The number of nitrogens with one attached hydrogen (secondary N) is 1. The number of benzene rings is 2. The summed E-state index contributed by atoms with van der Waals surface area (Å²) in [4.78, 5) is 24.7. The lowest BCUT2D eigenvalue weighted by Gasteiger charge is -2.10. The van der Waals surface area contributed by atoms with Crippen molar-refractivity contribution in [2.45, 2.75) is 6.54 Å². The van der Waals surface area contributed by atoms with Gasteiger partial charge in [-0.2, -0.15) is 0 Å². The minimum absolute atomic E-state index is 0.000290. The number of carbonyl (C=O) groups is 1. The first kappa shape index (κ1) is 17.3. The molecule has 0 aliphatic heterocycles. The minimum Gasteiger partial charge on any atom is -0.322 e. The molecule has 1 amide bonds. The van der Waals surface area contributed by atoms with Crippen molar-refractivity contribution in [3.05, 3.63) is 98.4 Å². The van der Waals surface area contributed by atoms with Gasteiger partial charge in [0.1, 0.15) is 5.02 Å². The SMILES string of the molecule is O=C(Nc1ccc(Cl)cc1)c1cc(Cl)c(=O)n(Cc2ccccc2)c1. The Hall–Kier alpha value is -2.56. The Bertz CT molecular complexity index is 951. The number of hydrogen-bond acceptors (Lipinski definition) is 2. The van der Waals surface area contributed by atoms with Crippen LogP contribution in [0.3, 0.4) is 0 Å². The van der Waals surface area contributed by atoms with Gasteiger partial charge in [-0.1, -0.05) is 53.5 Å². The van der Waals surface area contributed by atoms with Crippen LogP contribution in [0.5, 0.6) is 0 Å². The molecule has 3 aromatic rings. The van der Waals surface area contributed by atoms with E-state index >= 15 is 0 Å². The summed E-state index contributed by atoms with van der Waals surface area (Å²) in [6, 6.07) is 17.6. The molecule has 1 aromatic heterocycles. The third kappa shape index (κ3) is 4.29. The first-order valence-electron chi connectivity index (χ1n) is 7.54. The molecule has 25 heavy (non-hydrogen) atoms. The molecule has 1 heterocycles. The lowest BCUT2D eigenvalue weighted by atomic mass is 10.2. The quantitative estimate of drug-likeness (QED) is 0.734. The maximum absolute atomic E-state index is 12.4. The van der Waals surface area contributed by atoms with Crippen molar-refractivity contribution in [3.8, 4) is 0 Å². The average molecular weight is 373 g/mol. The molecule has 0 atom stereocenters. The van der Waals surface area contributed by atoms with Crippen LogP contribution in [-0.4, -0.2) is 10.5 Å². The molecule has 0 unspecified atom stereocenters. The van der Waals surface area contributed by atoms with Crippen LogP contribution < -0.4 is 10.9 Å². The number of hydrogen-bond donors (Lipinski definition) is 1. The second kappa shape index (κ2) is 7.55. The Kier molecular flexibility index (Phi) is 5.22. The van der Waals surface area contributed by atoms with Crippen LogP contribution in [0.15, 0.2) is 71.7 Å². The normalized spacial score (nSPS) is 10.5. The van der Waals surface area contributed by atoms with E-state index in [2.05, 4.69) is 5.32 Å². The first-order valence-corrected chi connectivity index (χ1v) is 8.29. The van der Waals surface area contributed by atoms with E-state index in [9.17, 15) is 9.59 Å². The van der Waals surface area contributed by atoms with E-state index in [0.717, 1.165) is 5.56 Å². The van der Waals surface area contributed by atoms with Gasteiger partial charge < -0.3 is 9.88 Å². The number of rotatable bonds is 4. The number of anilines is 1. The second-order valence-corrected chi connectivity index (χ2v) is 6.30. The Balaban J connectivity index is 1.87. The number of amides is 1. The third-order valence-electron chi connectivity index (χ3n) is 3.60. The molecular weight excluding hydrogens is 359 g/mol. The van der Waals surface area contributed by atoms with Crippen molar-refractivity contribution in [2.24, 2.45) is 0 Å². The molecule has 0 aliphatic carbocycles. The number of halogens is 2. The van der Waals surface area contributed by atoms with Gasteiger partial charge in [0.15, 0.2) is 0 Å². The van der Waals surface area contributed by atoms with Crippen molar-refractivity contribution < 1.29 is 4.79 Å². The van der Waals surface area contributed by atoms with Gasteiger partial charge in [-0.15, -0.1) is 0 Å². The summed E-state index contributed by atoms with van der Waals surface area (Å²) in [5.74, 6) is -0.356. The Labute approximate surface area is 154 Å². The van der Waals surface area contributed by atoms with Gasteiger partial charge in [0.25, 0.3) is 11.5 Å². The zero-order valence-corrected chi connectivity index (χ0v) is 14.6. The summed E-state index contributed by atoms with van der Waals surface area (Å²) in [6.07, 6.45) is 1.51. The van der Waals surface area contributed by atoms with E-state index < -0.39 is 0 Å². The highest BCUT2D eigenvalue weighted by atomic mass is 35.5. The van der Waals surface area contributed by atoms with Gasteiger partial charge >= 0.3 is 0 Å². The van der Waals surface area contributed by atoms with Gasteiger partial charge in [0, 0.05) is 16.9 Å². The van der Waals surface area contributed by atoms with Crippen LogP contribution in [0, 0.1) is 0 Å². The van der Waals surface area contributed by atoms with E-state index in [-0.39, 0.29) is 16.5 Å². The van der Waals surface area contributed by atoms with Gasteiger partial charge in [-0.3, -0.25) is 9.59 Å². The van der Waals surface area contributed by atoms with Crippen LogP contribution in [0.25, 0.3) is 0 Å². The highest BCUT2D eigenvalue weighted by molar-refractivity contribution is 6.31. The maximum Gasteiger partial charge on any atom is 0.269 e.